The second-order valence-electron chi connectivity index (χ2n) is 3.80. The maximum Gasteiger partial charge on any atom is 0.204 e. The third kappa shape index (κ3) is 1.80. The van der Waals surface area contributed by atoms with Gasteiger partial charge in [0.05, 0.1) is 17.2 Å². The van der Waals surface area contributed by atoms with Crippen LogP contribution in [-0.2, 0) is 4.74 Å². The average molecular weight is 203 g/mol. The maximum absolute atomic E-state index is 9.02. The normalized spacial score (nSPS) is 21.1. The van der Waals surface area contributed by atoms with E-state index in [1.807, 2.05) is 19.9 Å². The summed E-state index contributed by atoms with van der Waals surface area (Å²) in [6, 6.07) is 4.10. The van der Waals surface area contributed by atoms with Gasteiger partial charge in [0.2, 0.25) is 5.88 Å². The Morgan fingerprint density at radius 2 is 1.80 bits per heavy atom. The van der Waals surface area contributed by atoms with Gasteiger partial charge in [-0.2, -0.15) is 10.5 Å². The molecule has 1 aliphatic heterocycles. The Kier molecular flexibility index (Phi) is 3.01. The first-order chi connectivity index (χ1) is 7.02. The maximum atomic E-state index is 9.02. The number of allylic oxidation sites excluding steroid dienone is 3. The van der Waals surface area contributed by atoms with Crippen LogP contribution in [0, 0.1) is 34.5 Å². The molecule has 0 saturated carbocycles. The minimum atomic E-state index is -0.242. The molecule has 1 aliphatic rings. The first-order valence-electron chi connectivity index (χ1n) is 4.71. The van der Waals surface area contributed by atoms with Crippen molar-refractivity contribution < 1.29 is 4.74 Å². The van der Waals surface area contributed by atoms with E-state index < -0.39 is 0 Å². The molecule has 0 amide bonds. The summed E-state index contributed by atoms with van der Waals surface area (Å²) >= 11 is 0. The Morgan fingerprint density at radius 1 is 1.27 bits per heavy atom. The lowest BCUT2D eigenvalue weighted by Gasteiger charge is -2.26. The molecule has 78 valence electrons. The monoisotopic (exact) mass is 203 g/mol. The smallest absolute Gasteiger partial charge is 0.204 e. The van der Waals surface area contributed by atoms with E-state index in [0.29, 0.717) is 16.9 Å². The summed E-state index contributed by atoms with van der Waals surface area (Å²) in [5.74, 6) is 0.515. The van der Waals surface area contributed by atoms with Crippen molar-refractivity contribution in [1.82, 2.24) is 0 Å². The van der Waals surface area contributed by atoms with Crippen molar-refractivity contribution in [2.24, 2.45) is 17.6 Å². The van der Waals surface area contributed by atoms with Crippen LogP contribution in [0.3, 0.4) is 0 Å². The number of rotatable bonds is 1. The second kappa shape index (κ2) is 4.06. The largest absolute Gasteiger partial charge is 0.444 e. The minimum absolute atomic E-state index is 0.118. The lowest BCUT2D eigenvalue weighted by Crippen LogP contribution is -2.24. The van der Waals surface area contributed by atoms with Gasteiger partial charge in [0.1, 0.15) is 11.8 Å². The molecule has 0 bridgehead atoms. The Balaban J connectivity index is 3.29. The van der Waals surface area contributed by atoms with Crippen LogP contribution < -0.4 is 5.73 Å². The number of nitrogens with two attached hydrogens (primary N) is 1. The zero-order chi connectivity index (χ0) is 11.6. The van der Waals surface area contributed by atoms with E-state index in [2.05, 4.69) is 6.07 Å². The predicted octanol–water partition coefficient (Wildman–Crippen LogP) is 1.78. The summed E-state index contributed by atoms with van der Waals surface area (Å²) < 4.78 is 5.17. The van der Waals surface area contributed by atoms with Gasteiger partial charge in [-0.3, -0.25) is 0 Å². The van der Waals surface area contributed by atoms with Gasteiger partial charge < -0.3 is 10.5 Å². The Morgan fingerprint density at radius 3 is 2.20 bits per heavy atom. The molecule has 0 aromatic heterocycles. The Bertz CT molecular complexity index is 382. The van der Waals surface area contributed by atoms with Crippen LogP contribution in [0.4, 0.5) is 0 Å². The predicted molar refractivity (Wildman–Crippen MR) is 54.6 cm³/mol. The summed E-state index contributed by atoms with van der Waals surface area (Å²) in [5.41, 5.74) is 6.47. The van der Waals surface area contributed by atoms with E-state index in [9.17, 15) is 0 Å². The zero-order valence-corrected chi connectivity index (χ0v) is 9.03. The molecule has 0 spiro atoms. The van der Waals surface area contributed by atoms with Crippen molar-refractivity contribution in [3.8, 4) is 12.1 Å². The van der Waals surface area contributed by atoms with Crippen molar-refractivity contribution in [3.05, 3.63) is 22.8 Å². The molecule has 0 aliphatic carbocycles. The fraction of sp³-hybridized carbons (Fsp3) is 0.455. The molecule has 4 nitrogen and oxygen atoms in total. The molecule has 1 unspecified atom stereocenters. The van der Waals surface area contributed by atoms with Gasteiger partial charge in [-0.15, -0.1) is 0 Å². The highest BCUT2D eigenvalue weighted by Crippen LogP contribution is 2.35. The number of hydrogen-bond donors (Lipinski definition) is 1. The van der Waals surface area contributed by atoms with E-state index in [-0.39, 0.29) is 17.7 Å². The number of nitriles is 2. The second-order valence-corrected chi connectivity index (χ2v) is 3.80. The number of ether oxygens (including phenoxy) is 1. The first kappa shape index (κ1) is 11.1. The summed E-state index contributed by atoms with van der Waals surface area (Å²) in [5, 5.41) is 18.0. The fourth-order valence-corrected chi connectivity index (χ4v) is 1.73. The third-order valence-corrected chi connectivity index (χ3v) is 2.44. The van der Waals surface area contributed by atoms with Crippen LogP contribution in [0.1, 0.15) is 20.8 Å². The molecule has 1 rings (SSSR count). The summed E-state index contributed by atoms with van der Waals surface area (Å²) in [7, 11) is 0. The lowest BCUT2D eigenvalue weighted by molar-refractivity contribution is 0.267. The quantitative estimate of drug-likeness (QED) is 0.704. The van der Waals surface area contributed by atoms with Crippen LogP contribution in [0.5, 0.6) is 0 Å². The highest BCUT2D eigenvalue weighted by Gasteiger charge is 2.32. The topological polar surface area (TPSA) is 82.8 Å². The molecule has 4 heteroatoms. The van der Waals surface area contributed by atoms with E-state index in [0.717, 1.165) is 0 Å². The van der Waals surface area contributed by atoms with Gasteiger partial charge in [-0.05, 0) is 12.8 Å². The minimum Gasteiger partial charge on any atom is -0.444 e. The molecule has 2 N–H and O–H groups in total. The van der Waals surface area contributed by atoms with Crippen LogP contribution in [0.15, 0.2) is 22.8 Å². The molecule has 0 aromatic rings. The molecule has 0 radical (unpaired) electrons. The highest BCUT2D eigenvalue weighted by atomic mass is 16.5. The average Bonchev–Trinajstić information content (AvgIpc) is 2.16. The molecular formula is C11H13N3O. The van der Waals surface area contributed by atoms with Crippen molar-refractivity contribution >= 4 is 0 Å². The van der Waals surface area contributed by atoms with Crippen LogP contribution >= 0.6 is 0 Å². The standard InChI is InChI=1S/C11H13N3O/c1-6(2)10-8(4-12)7(3)15-11(14)9(10)5-13/h6,10H,14H2,1-3H3. The summed E-state index contributed by atoms with van der Waals surface area (Å²) in [6.45, 7) is 5.59. The van der Waals surface area contributed by atoms with Gasteiger partial charge in [0.15, 0.2) is 0 Å². The van der Waals surface area contributed by atoms with E-state index >= 15 is 0 Å². The van der Waals surface area contributed by atoms with Crippen molar-refractivity contribution in [1.29, 1.82) is 10.5 Å². The number of hydrogen-bond acceptors (Lipinski definition) is 4. The molecule has 0 aromatic carbocycles. The highest BCUT2D eigenvalue weighted by molar-refractivity contribution is 5.43. The summed E-state index contributed by atoms with van der Waals surface area (Å²) in [6.07, 6.45) is 0. The Hall–Kier alpha value is -1.94. The van der Waals surface area contributed by atoms with Crippen molar-refractivity contribution in [3.63, 3.8) is 0 Å². The van der Waals surface area contributed by atoms with Crippen molar-refractivity contribution in [2.75, 3.05) is 0 Å². The van der Waals surface area contributed by atoms with Crippen LogP contribution in [-0.4, -0.2) is 0 Å². The Labute approximate surface area is 89.2 Å². The zero-order valence-electron chi connectivity index (χ0n) is 9.03. The van der Waals surface area contributed by atoms with E-state index in [1.54, 1.807) is 6.92 Å². The SMILES string of the molecule is CC1=C(C#N)C(C(C)C)C(C#N)=C(N)O1. The molecule has 15 heavy (non-hydrogen) atoms. The van der Waals surface area contributed by atoms with Gasteiger partial charge >= 0.3 is 0 Å². The van der Waals surface area contributed by atoms with Gasteiger partial charge in [0.25, 0.3) is 0 Å². The lowest BCUT2D eigenvalue weighted by atomic mass is 9.81. The van der Waals surface area contributed by atoms with Crippen LogP contribution in [0.2, 0.25) is 0 Å². The van der Waals surface area contributed by atoms with Gasteiger partial charge in [-0.1, -0.05) is 13.8 Å². The number of nitrogens with zero attached hydrogens (tertiary/aromatic N) is 2. The molecule has 0 saturated heterocycles. The third-order valence-electron chi connectivity index (χ3n) is 2.44. The first-order valence-corrected chi connectivity index (χ1v) is 4.71. The molecular weight excluding hydrogens is 190 g/mol. The van der Waals surface area contributed by atoms with Crippen molar-refractivity contribution in [2.45, 2.75) is 20.8 Å². The van der Waals surface area contributed by atoms with E-state index in [1.165, 1.54) is 0 Å². The summed E-state index contributed by atoms with van der Waals surface area (Å²) in [4.78, 5) is 0. The van der Waals surface area contributed by atoms with Crippen LogP contribution in [0.25, 0.3) is 0 Å². The molecule has 1 heterocycles. The van der Waals surface area contributed by atoms with E-state index in [4.69, 9.17) is 21.0 Å². The molecule has 0 fully saturated rings. The molecule has 1 atom stereocenters. The fourth-order valence-electron chi connectivity index (χ4n) is 1.73. The van der Waals surface area contributed by atoms with Gasteiger partial charge in [0, 0.05) is 5.92 Å². The van der Waals surface area contributed by atoms with Gasteiger partial charge in [-0.25, -0.2) is 0 Å².